The minimum atomic E-state index is -4.69. The van der Waals surface area contributed by atoms with Crippen LogP contribution >= 0.6 is 0 Å². The van der Waals surface area contributed by atoms with E-state index in [0.29, 0.717) is 45.5 Å². The molecule has 0 spiro atoms. The van der Waals surface area contributed by atoms with E-state index in [2.05, 4.69) is 164 Å². The van der Waals surface area contributed by atoms with Gasteiger partial charge in [0.05, 0.1) is 61.1 Å². The Morgan fingerprint density at radius 1 is 0.267 bits per heavy atom. The molecule has 0 saturated heterocycles. The summed E-state index contributed by atoms with van der Waals surface area (Å²) in [7, 11) is 0. The van der Waals surface area contributed by atoms with Crippen molar-refractivity contribution in [2.45, 2.75) is 6.18 Å². The number of hydrogen-bond acceptors (Lipinski definition) is 3. The minimum absolute atomic E-state index is 0.378. The van der Waals surface area contributed by atoms with Gasteiger partial charge in [-0.05, 0) is 84.9 Å². The van der Waals surface area contributed by atoms with Crippen molar-refractivity contribution in [2.75, 3.05) is 0 Å². The van der Waals surface area contributed by atoms with E-state index in [0.717, 1.165) is 110 Å². The van der Waals surface area contributed by atoms with Crippen LogP contribution in [-0.4, -0.2) is 33.2 Å². The van der Waals surface area contributed by atoms with Crippen molar-refractivity contribution in [1.29, 1.82) is 0 Å². The Balaban J connectivity index is 1.01. The number of hydrogen-bond donors (Lipinski definition) is 0. The van der Waals surface area contributed by atoms with E-state index in [9.17, 15) is 0 Å². The lowest BCUT2D eigenvalue weighted by atomic mass is 9.96. The topological polar surface area (TPSA) is 58.4 Å². The molecule has 5 aromatic heterocycles. The molecule has 86 heavy (non-hydrogen) atoms. The van der Waals surface area contributed by atoms with E-state index >= 15 is 13.2 Å². The molecule has 0 unspecified atom stereocenters. The van der Waals surface area contributed by atoms with Gasteiger partial charge in [0.1, 0.15) is 0 Å². The van der Waals surface area contributed by atoms with Crippen molar-refractivity contribution in [3.63, 3.8) is 0 Å². The van der Waals surface area contributed by atoms with Crippen LogP contribution in [0.25, 0.3) is 155 Å². The standard InChI is InChI=1S/C76H46F3N7/c77-76(78,79)50-38-42-65(85-63-35-19-15-31-58(63)69-66(85)43-40-56-53-29-13-17-33-61(53)83(71(56)69)51-25-9-3-10-26-51)60(46-50)55-39-37-49(75-81-73(47-21-5-1-6-22-47)80-74(82-75)48-23-7-2-8-24-48)45-68(55)86-64-36-20-16-32-59(64)70-67(86)44-41-57-54-30-14-18-34-62(54)84(72(57)70)52-27-11-4-12-28-52/h1-46H. The molecule has 0 atom stereocenters. The Bertz CT molecular complexity index is 5510. The number of halogens is 3. The van der Waals surface area contributed by atoms with Crippen LogP contribution < -0.4 is 0 Å². The zero-order chi connectivity index (χ0) is 57.2. The first-order valence-electron chi connectivity index (χ1n) is 28.6. The van der Waals surface area contributed by atoms with Crippen LogP contribution in [-0.2, 0) is 6.18 Å². The average molecular weight is 1110 g/mol. The maximum absolute atomic E-state index is 15.8. The second-order valence-electron chi connectivity index (χ2n) is 21.8. The molecular formula is C76H46F3N7. The first kappa shape index (κ1) is 49.3. The van der Waals surface area contributed by atoms with Gasteiger partial charge in [-0.3, -0.25) is 0 Å². The monoisotopic (exact) mass is 1110 g/mol. The molecule has 10 heteroatoms. The lowest BCUT2D eigenvalue weighted by Crippen LogP contribution is -2.08. The van der Waals surface area contributed by atoms with Crippen LogP contribution in [0.5, 0.6) is 0 Å². The third-order valence-corrected chi connectivity index (χ3v) is 17.0. The average Bonchev–Trinajstić information content (AvgIpc) is 2.22. The van der Waals surface area contributed by atoms with Crippen molar-refractivity contribution in [1.82, 2.24) is 33.2 Å². The minimum Gasteiger partial charge on any atom is -0.309 e. The van der Waals surface area contributed by atoms with Crippen LogP contribution in [0, 0.1) is 0 Å². The normalized spacial score (nSPS) is 12.1. The molecule has 0 aliphatic rings. The van der Waals surface area contributed by atoms with Gasteiger partial charge in [-0.1, -0.05) is 194 Å². The van der Waals surface area contributed by atoms with Gasteiger partial charge in [-0.2, -0.15) is 13.2 Å². The highest BCUT2D eigenvalue weighted by molar-refractivity contribution is 6.28. The molecule has 0 radical (unpaired) electrons. The molecular weight excluding hydrogens is 1070 g/mol. The number of rotatable bonds is 8. The number of nitrogens with zero attached hydrogens (tertiary/aromatic N) is 7. The van der Waals surface area contributed by atoms with Gasteiger partial charge >= 0.3 is 6.18 Å². The number of para-hydroxylation sites is 6. The summed E-state index contributed by atoms with van der Waals surface area (Å²) < 4.78 is 56.3. The van der Waals surface area contributed by atoms with Gasteiger partial charge < -0.3 is 18.3 Å². The van der Waals surface area contributed by atoms with Gasteiger partial charge in [0.15, 0.2) is 17.5 Å². The molecule has 0 aliphatic carbocycles. The van der Waals surface area contributed by atoms with Crippen LogP contribution in [0.4, 0.5) is 13.2 Å². The van der Waals surface area contributed by atoms with Crippen molar-refractivity contribution in [3.05, 3.63) is 285 Å². The zero-order valence-corrected chi connectivity index (χ0v) is 45.8. The third kappa shape index (κ3) is 7.52. The van der Waals surface area contributed by atoms with E-state index in [1.807, 2.05) is 115 Å². The molecule has 0 aliphatic heterocycles. The highest BCUT2D eigenvalue weighted by Gasteiger charge is 2.33. The zero-order valence-electron chi connectivity index (χ0n) is 45.8. The van der Waals surface area contributed by atoms with Gasteiger partial charge in [-0.15, -0.1) is 0 Å². The summed E-state index contributed by atoms with van der Waals surface area (Å²) in [5, 5.41) is 8.28. The maximum Gasteiger partial charge on any atom is 0.416 e. The number of aromatic nitrogens is 7. The molecule has 7 nitrogen and oxygen atoms in total. The molecule has 0 saturated carbocycles. The van der Waals surface area contributed by atoms with E-state index in [-0.39, 0.29) is 0 Å². The Hall–Kier alpha value is -11.4. The summed E-state index contributed by atoms with van der Waals surface area (Å²) in [6.07, 6.45) is -4.69. The molecule has 0 amide bonds. The second kappa shape index (κ2) is 19.1. The SMILES string of the molecule is FC(F)(F)c1ccc(-n2c3ccccc3c3c2ccc2c4ccccc4n(-c4ccccc4)c23)c(-c2ccc(-c3nc(-c4ccccc4)nc(-c4ccccc4)n3)cc2-n2c3ccccc3c3c2ccc2c4ccccc4n(-c4ccccc4)c23)c1. The number of alkyl halides is 3. The fourth-order valence-corrected chi connectivity index (χ4v) is 13.4. The number of fused-ring (bicyclic) bond motifs is 14. The summed E-state index contributed by atoms with van der Waals surface area (Å²) >= 11 is 0. The van der Waals surface area contributed by atoms with Crippen molar-refractivity contribution >= 4 is 87.2 Å². The molecule has 17 aromatic rings. The van der Waals surface area contributed by atoms with E-state index in [1.54, 1.807) is 6.07 Å². The fraction of sp³-hybridized carbons (Fsp3) is 0.0132. The third-order valence-electron chi connectivity index (χ3n) is 17.0. The Labute approximate surface area is 490 Å². The lowest BCUT2D eigenvalue weighted by molar-refractivity contribution is -0.137. The predicted octanol–water partition coefficient (Wildman–Crippen LogP) is 19.9. The first-order chi connectivity index (χ1) is 42.3. The molecule has 12 aromatic carbocycles. The Morgan fingerprint density at radius 3 is 1.13 bits per heavy atom. The van der Waals surface area contributed by atoms with E-state index in [4.69, 9.17) is 15.0 Å². The molecule has 0 bridgehead atoms. The van der Waals surface area contributed by atoms with Gasteiger partial charge in [0.25, 0.3) is 0 Å². The van der Waals surface area contributed by atoms with Gasteiger partial charge in [-0.25, -0.2) is 15.0 Å². The molecule has 5 heterocycles. The van der Waals surface area contributed by atoms with Crippen molar-refractivity contribution in [2.24, 2.45) is 0 Å². The highest BCUT2D eigenvalue weighted by atomic mass is 19.4. The molecule has 0 fully saturated rings. The van der Waals surface area contributed by atoms with Crippen LogP contribution in [0.2, 0.25) is 0 Å². The summed E-state index contributed by atoms with van der Waals surface area (Å²) in [5.74, 6) is 1.38. The second-order valence-corrected chi connectivity index (χ2v) is 21.8. The van der Waals surface area contributed by atoms with Crippen molar-refractivity contribution < 1.29 is 13.2 Å². The summed E-state index contributed by atoms with van der Waals surface area (Å²) in [4.78, 5) is 15.5. The van der Waals surface area contributed by atoms with Crippen LogP contribution in [0.15, 0.2) is 279 Å². The summed E-state index contributed by atoms with van der Waals surface area (Å²) in [6, 6.07) is 92.7. The molecule has 17 rings (SSSR count). The van der Waals surface area contributed by atoms with E-state index < -0.39 is 11.7 Å². The largest absolute Gasteiger partial charge is 0.416 e. The molecule has 406 valence electrons. The van der Waals surface area contributed by atoms with Crippen LogP contribution in [0.3, 0.4) is 0 Å². The Morgan fingerprint density at radius 2 is 0.663 bits per heavy atom. The van der Waals surface area contributed by atoms with Gasteiger partial charge in [0.2, 0.25) is 0 Å². The predicted molar refractivity (Wildman–Crippen MR) is 344 cm³/mol. The maximum atomic E-state index is 15.8. The number of benzene rings is 12. The summed E-state index contributed by atoms with van der Waals surface area (Å²) in [6.45, 7) is 0. The molecule has 0 N–H and O–H groups in total. The first-order valence-corrected chi connectivity index (χ1v) is 28.6. The quantitative estimate of drug-likeness (QED) is 0.152. The highest BCUT2D eigenvalue weighted by Crippen LogP contribution is 2.48. The van der Waals surface area contributed by atoms with Crippen molar-refractivity contribution in [3.8, 4) is 68.0 Å². The lowest BCUT2D eigenvalue weighted by Gasteiger charge is -2.21. The smallest absolute Gasteiger partial charge is 0.309 e. The van der Waals surface area contributed by atoms with E-state index in [1.165, 1.54) is 12.1 Å². The summed E-state index contributed by atoms with van der Waals surface area (Å²) in [5.41, 5.74) is 13.2. The van der Waals surface area contributed by atoms with Crippen LogP contribution in [0.1, 0.15) is 5.56 Å². The van der Waals surface area contributed by atoms with Gasteiger partial charge in [0, 0.05) is 82.3 Å². The Kier molecular flexibility index (Phi) is 10.9. The fourth-order valence-electron chi connectivity index (χ4n) is 13.4.